The van der Waals surface area contributed by atoms with E-state index in [0.29, 0.717) is 23.5 Å². The lowest BCUT2D eigenvalue weighted by molar-refractivity contribution is 0.102. The van der Waals surface area contributed by atoms with E-state index in [-0.39, 0.29) is 11.8 Å². The van der Waals surface area contributed by atoms with E-state index in [0.717, 1.165) is 4.68 Å². The Kier molecular flexibility index (Phi) is 5.21. The Morgan fingerprint density at radius 3 is 2.50 bits per heavy atom. The Hall–Kier alpha value is -3.17. The van der Waals surface area contributed by atoms with Crippen LogP contribution in [0.1, 0.15) is 34.2 Å². The minimum Gasteiger partial charge on any atom is -0.319 e. The van der Waals surface area contributed by atoms with E-state index in [1.807, 2.05) is 6.92 Å². The number of anilines is 1. The van der Waals surface area contributed by atoms with Crippen LogP contribution in [0.2, 0.25) is 0 Å². The number of nitrogens with one attached hydrogen (secondary N) is 1. The predicted octanol–water partition coefficient (Wildman–Crippen LogP) is 3.57. The van der Waals surface area contributed by atoms with Crippen molar-refractivity contribution in [3.8, 4) is 0 Å². The zero-order valence-corrected chi connectivity index (χ0v) is 15.4. The van der Waals surface area contributed by atoms with E-state index >= 15 is 0 Å². The molecule has 2 aromatic heterocycles. The van der Waals surface area contributed by atoms with Crippen LogP contribution in [0, 0.1) is 37.1 Å². The minimum absolute atomic E-state index is 0.274. The molecule has 6 nitrogen and oxygen atoms in total. The molecule has 1 aromatic carbocycles. The van der Waals surface area contributed by atoms with Crippen LogP contribution in [0.15, 0.2) is 18.5 Å². The molecular weight excluding hydrogens is 378 g/mol. The van der Waals surface area contributed by atoms with Gasteiger partial charge in [0.15, 0.2) is 17.5 Å². The van der Waals surface area contributed by atoms with E-state index in [9.17, 15) is 22.4 Å². The fourth-order valence-electron chi connectivity index (χ4n) is 2.95. The van der Waals surface area contributed by atoms with E-state index in [2.05, 4.69) is 15.5 Å². The highest BCUT2D eigenvalue weighted by Gasteiger charge is 2.21. The lowest BCUT2D eigenvalue weighted by Crippen LogP contribution is -2.14. The molecule has 0 aliphatic rings. The van der Waals surface area contributed by atoms with E-state index in [1.54, 1.807) is 18.5 Å². The van der Waals surface area contributed by atoms with Gasteiger partial charge in [0.25, 0.3) is 5.91 Å². The van der Waals surface area contributed by atoms with Gasteiger partial charge in [-0.3, -0.25) is 14.2 Å². The highest BCUT2D eigenvalue weighted by atomic mass is 19.2. The van der Waals surface area contributed by atoms with Gasteiger partial charge in [-0.05, 0) is 20.8 Å². The van der Waals surface area contributed by atoms with Crippen LogP contribution in [0.25, 0.3) is 0 Å². The zero-order valence-electron chi connectivity index (χ0n) is 15.4. The second-order valence-corrected chi connectivity index (χ2v) is 6.19. The SMILES string of the molecule is CCn1nc(C)c(C(=O)Nc2cnn(Cc3c(F)cc(F)c(F)c3F)c2)c1C. The summed E-state index contributed by atoms with van der Waals surface area (Å²) in [5.74, 6) is -6.60. The highest BCUT2D eigenvalue weighted by molar-refractivity contribution is 6.05. The molecule has 0 saturated heterocycles. The standard InChI is InChI=1S/C18H17F4N5O/c1-4-27-10(3)15(9(2)25-27)18(28)24-11-6-23-26(7-11)8-12-13(19)5-14(20)17(22)16(12)21/h5-7H,4,8H2,1-3H3,(H,24,28). The largest absolute Gasteiger partial charge is 0.319 e. The first-order chi connectivity index (χ1) is 13.2. The Morgan fingerprint density at radius 2 is 1.86 bits per heavy atom. The third-order valence-corrected chi connectivity index (χ3v) is 4.33. The van der Waals surface area contributed by atoms with Crippen LogP contribution >= 0.6 is 0 Å². The van der Waals surface area contributed by atoms with Gasteiger partial charge < -0.3 is 5.32 Å². The molecule has 1 amide bonds. The fraction of sp³-hybridized carbons (Fsp3) is 0.278. The van der Waals surface area contributed by atoms with Crippen LogP contribution < -0.4 is 5.32 Å². The molecule has 3 rings (SSSR count). The molecule has 10 heteroatoms. The van der Waals surface area contributed by atoms with Crippen molar-refractivity contribution in [2.75, 3.05) is 5.32 Å². The summed E-state index contributed by atoms with van der Waals surface area (Å²) < 4.78 is 56.7. The first kappa shape index (κ1) is 19.6. The molecule has 0 unspecified atom stereocenters. The Balaban J connectivity index is 1.80. The summed E-state index contributed by atoms with van der Waals surface area (Å²) >= 11 is 0. The molecule has 0 atom stereocenters. The third-order valence-electron chi connectivity index (χ3n) is 4.33. The number of halogens is 4. The maximum Gasteiger partial charge on any atom is 0.259 e. The summed E-state index contributed by atoms with van der Waals surface area (Å²) in [6.45, 7) is 5.53. The molecule has 0 radical (unpaired) electrons. The van der Waals surface area contributed by atoms with E-state index < -0.39 is 41.3 Å². The number of amides is 1. The van der Waals surface area contributed by atoms with Gasteiger partial charge in [0.1, 0.15) is 5.82 Å². The van der Waals surface area contributed by atoms with Crippen molar-refractivity contribution in [3.05, 3.63) is 64.2 Å². The Morgan fingerprint density at radius 1 is 1.14 bits per heavy atom. The fourth-order valence-corrected chi connectivity index (χ4v) is 2.95. The van der Waals surface area contributed by atoms with Crippen molar-refractivity contribution >= 4 is 11.6 Å². The quantitative estimate of drug-likeness (QED) is 0.408. The van der Waals surface area contributed by atoms with Gasteiger partial charge in [-0.2, -0.15) is 10.2 Å². The van der Waals surface area contributed by atoms with Gasteiger partial charge in [0.05, 0.1) is 29.7 Å². The number of aromatic nitrogens is 4. The number of carbonyl (C=O) groups excluding carboxylic acids is 1. The van der Waals surface area contributed by atoms with Crippen molar-refractivity contribution in [1.82, 2.24) is 19.6 Å². The van der Waals surface area contributed by atoms with E-state index in [1.165, 1.54) is 12.4 Å². The molecule has 0 aliphatic heterocycles. The molecular formula is C18H17F4N5O. The normalized spacial score (nSPS) is 11.1. The molecule has 0 aliphatic carbocycles. The number of nitrogens with zero attached hydrogens (tertiary/aromatic N) is 4. The molecule has 1 N–H and O–H groups in total. The average molecular weight is 395 g/mol. The third kappa shape index (κ3) is 3.49. The second-order valence-electron chi connectivity index (χ2n) is 6.19. The summed E-state index contributed by atoms with van der Waals surface area (Å²) in [7, 11) is 0. The lowest BCUT2D eigenvalue weighted by Gasteiger charge is -2.07. The number of aryl methyl sites for hydroxylation is 2. The maximum atomic E-state index is 13.8. The van der Waals surface area contributed by atoms with Crippen LogP contribution in [0.5, 0.6) is 0 Å². The van der Waals surface area contributed by atoms with E-state index in [4.69, 9.17) is 0 Å². The molecule has 0 fully saturated rings. The second kappa shape index (κ2) is 7.45. The molecule has 0 saturated carbocycles. The van der Waals surface area contributed by atoms with Crippen molar-refractivity contribution in [2.45, 2.75) is 33.9 Å². The topological polar surface area (TPSA) is 64.7 Å². The number of hydrogen-bond acceptors (Lipinski definition) is 3. The summed E-state index contributed by atoms with van der Waals surface area (Å²) in [6.07, 6.45) is 2.61. The van der Waals surface area contributed by atoms with Gasteiger partial charge in [-0.25, -0.2) is 17.6 Å². The summed E-state index contributed by atoms with van der Waals surface area (Å²) in [4.78, 5) is 12.5. The summed E-state index contributed by atoms with van der Waals surface area (Å²) in [5, 5.41) is 10.8. The molecule has 2 heterocycles. The Labute approximate surface area is 157 Å². The van der Waals surface area contributed by atoms with Gasteiger partial charge in [0, 0.05) is 30.1 Å². The summed E-state index contributed by atoms with van der Waals surface area (Å²) in [6, 6.07) is 0.275. The van der Waals surface area contributed by atoms with Gasteiger partial charge >= 0.3 is 0 Å². The first-order valence-corrected chi connectivity index (χ1v) is 8.42. The first-order valence-electron chi connectivity index (χ1n) is 8.42. The molecule has 0 spiro atoms. The number of rotatable bonds is 5. The minimum atomic E-state index is -1.75. The van der Waals surface area contributed by atoms with Gasteiger partial charge in [-0.15, -0.1) is 0 Å². The molecule has 28 heavy (non-hydrogen) atoms. The van der Waals surface area contributed by atoms with Crippen molar-refractivity contribution < 1.29 is 22.4 Å². The van der Waals surface area contributed by atoms with Gasteiger partial charge in [-0.1, -0.05) is 0 Å². The van der Waals surface area contributed by atoms with Crippen LogP contribution in [0.3, 0.4) is 0 Å². The number of hydrogen-bond donors (Lipinski definition) is 1. The number of carbonyl (C=O) groups is 1. The van der Waals surface area contributed by atoms with Crippen molar-refractivity contribution in [3.63, 3.8) is 0 Å². The van der Waals surface area contributed by atoms with Crippen LogP contribution in [-0.2, 0) is 13.1 Å². The van der Waals surface area contributed by atoms with Crippen LogP contribution in [0.4, 0.5) is 23.2 Å². The van der Waals surface area contributed by atoms with Gasteiger partial charge in [0.2, 0.25) is 0 Å². The van der Waals surface area contributed by atoms with Crippen molar-refractivity contribution in [2.24, 2.45) is 0 Å². The average Bonchev–Trinajstić information content (AvgIpc) is 3.20. The molecule has 3 aromatic rings. The molecule has 148 valence electrons. The smallest absolute Gasteiger partial charge is 0.259 e. The molecule has 0 bridgehead atoms. The number of benzene rings is 1. The van der Waals surface area contributed by atoms with Crippen LogP contribution in [-0.4, -0.2) is 25.5 Å². The summed E-state index contributed by atoms with van der Waals surface area (Å²) in [5.41, 5.74) is 1.30. The zero-order chi connectivity index (χ0) is 20.6. The monoisotopic (exact) mass is 395 g/mol. The predicted molar refractivity (Wildman–Crippen MR) is 92.9 cm³/mol. The lowest BCUT2D eigenvalue weighted by atomic mass is 10.2. The Bertz CT molecular complexity index is 1060. The maximum absolute atomic E-state index is 13.8. The highest BCUT2D eigenvalue weighted by Crippen LogP contribution is 2.21. The van der Waals surface area contributed by atoms with Crippen molar-refractivity contribution in [1.29, 1.82) is 0 Å².